The van der Waals surface area contributed by atoms with Gasteiger partial charge in [-0.25, -0.2) is 0 Å². The molecule has 0 spiro atoms. The van der Waals surface area contributed by atoms with Gasteiger partial charge in [-0.3, -0.25) is 9.59 Å². The molecule has 2 atom stereocenters. The molecule has 0 aromatic rings. The second-order valence-corrected chi connectivity index (χ2v) is 4.72. The number of aliphatic hydroxyl groups is 1. The lowest BCUT2D eigenvalue weighted by Gasteiger charge is -2.28. The molecule has 2 saturated heterocycles. The summed E-state index contributed by atoms with van der Waals surface area (Å²) in [7, 11) is 1.68. The first-order valence-corrected chi connectivity index (χ1v) is 6.02. The van der Waals surface area contributed by atoms with Crippen LogP contribution in [0.4, 0.5) is 0 Å². The normalized spacial score (nSPS) is 28.8. The molecule has 2 amide bonds. The Kier molecular flexibility index (Phi) is 3.63. The molecule has 17 heavy (non-hydrogen) atoms. The molecule has 2 aliphatic rings. The first kappa shape index (κ1) is 12.3. The van der Waals surface area contributed by atoms with Gasteiger partial charge in [-0.05, 0) is 6.42 Å². The van der Waals surface area contributed by atoms with E-state index in [0.717, 1.165) is 6.42 Å². The van der Waals surface area contributed by atoms with Gasteiger partial charge in [-0.15, -0.1) is 0 Å². The highest BCUT2D eigenvalue weighted by atomic mass is 16.3. The van der Waals surface area contributed by atoms with E-state index >= 15 is 0 Å². The van der Waals surface area contributed by atoms with Gasteiger partial charge in [0.1, 0.15) is 0 Å². The van der Waals surface area contributed by atoms with Gasteiger partial charge in [0.2, 0.25) is 11.8 Å². The summed E-state index contributed by atoms with van der Waals surface area (Å²) >= 11 is 0. The molecule has 2 N–H and O–H groups in total. The number of hydrogen-bond acceptors (Lipinski definition) is 4. The number of carbonyl (C=O) groups is 2. The lowest BCUT2D eigenvalue weighted by molar-refractivity contribution is -0.139. The minimum atomic E-state index is -0.516. The smallest absolute Gasteiger partial charge is 0.242 e. The van der Waals surface area contributed by atoms with Crippen molar-refractivity contribution in [1.29, 1.82) is 0 Å². The molecule has 96 valence electrons. The summed E-state index contributed by atoms with van der Waals surface area (Å²) in [5.74, 6) is -0.0511. The number of likely N-dealkylation sites (N-methyl/N-ethyl adjacent to an activating group) is 1. The molecular weight excluding hydrogens is 222 g/mol. The van der Waals surface area contributed by atoms with Gasteiger partial charge >= 0.3 is 0 Å². The molecular formula is C11H19N3O3. The van der Waals surface area contributed by atoms with Crippen LogP contribution in [-0.4, -0.2) is 72.1 Å². The first-order valence-electron chi connectivity index (χ1n) is 6.02. The maximum absolute atomic E-state index is 12.0. The van der Waals surface area contributed by atoms with E-state index < -0.39 is 6.10 Å². The van der Waals surface area contributed by atoms with Crippen molar-refractivity contribution in [1.82, 2.24) is 15.1 Å². The zero-order valence-corrected chi connectivity index (χ0v) is 10.1. The van der Waals surface area contributed by atoms with Crippen molar-refractivity contribution >= 4 is 11.8 Å². The predicted octanol–water partition coefficient (Wildman–Crippen LogP) is -1.60. The van der Waals surface area contributed by atoms with Crippen LogP contribution in [-0.2, 0) is 9.59 Å². The summed E-state index contributed by atoms with van der Waals surface area (Å²) in [6, 6.07) is -0.180. The van der Waals surface area contributed by atoms with E-state index in [0.29, 0.717) is 26.1 Å². The predicted molar refractivity (Wildman–Crippen MR) is 61.2 cm³/mol. The van der Waals surface area contributed by atoms with Crippen LogP contribution in [0.25, 0.3) is 0 Å². The van der Waals surface area contributed by atoms with Crippen LogP contribution >= 0.6 is 0 Å². The maximum Gasteiger partial charge on any atom is 0.242 e. The standard InChI is InChI=1S/C11H19N3O3/c1-13(8-5-12-6-9(8)15)11(17)7-14-4-2-3-10(14)16/h8-9,12,15H,2-7H2,1H3/t8-,9-/m0/s1. The Morgan fingerprint density at radius 3 is 2.88 bits per heavy atom. The second-order valence-electron chi connectivity index (χ2n) is 4.72. The summed E-state index contributed by atoms with van der Waals surface area (Å²) in [6.07, 6.45) is 0.867. The van der Waals surface area contributed by atoms with E-state index in [-0.39, 0.29) is 24.4 Å². The highest BCUT2D eigenvalue weighted by molar-refractivity contribution is 5.86. The van der Waals surface area contributed by atoms with Crippen molar-refractivity contribution in [2.45, 2.75) is 25.0 Å². The summed E-state index contributed by atoms with van der Waals surface area (Å²) < 4.78 is 0. The molecule has 0 saturated carbocycles. The average molecular weight is 241 g/mol. The van der Waals surface area contributed by atoms with Crippen molar-refractivity contribution in [3.63, 3.8) is 0 Å². The Hall–Kier alpha value is -1.14. The molecule has 0 aromatic heterocycles. The largest absolute Gasteiger partial charge is 0.390 e. The average Bonchev–Trinajstić information content (AvgIpc) is 2.88. The Balaban J connectivity index is 1.88. The third kappa shape index (κ3) is 2.58. The van der Waals surface area contributed by atoms with Gasteiger partial charge in [0.25, 0.3) is 0 Å². The number of carbonyl (C=O) groups excluding carboxylic acids is 2. The van der Waals surface area contributed by atoms with E-state index in [1.165, 1.54) is 0 Å². The fourth-order valence-corrected chi connectivity index (χ4v) is 2.38. The number of amides is 2. The highest BCUT2D eigenvalue weighted by Crippen LogP contribution is 2.12. The minimum absolute atomic E-state index is 0.0526. The fourth-order valence-electron chi connectivity index (χ4n) is 2.38. The van der Waals surface area contributed by atoms with Crippen LogP contribution in [0, 0.1) is 0 Å². The molecule has 0 aromatic carbocycles. The quantitative estimate of drug-likeness (QED) is 0.624. The maximum atomic E-state index is 12.0. The topological polar surface area (TPSA) is 72.9 Å². The minimum Gasteiger partial charge on any atom is -0.390 e. The van der Waals surface area contributed by atoms with Crippen LogP contribution in [0.2, 0.25) is 0 Å². The molecule has 0 bridgehead atoms. The molecule has 6 heteroatoms. The third-order valence-electron chi connectivity index (χ3n) is 3.54. The molecule has 6 nitrogen and oxygen atoms in total. The highest BCUT2D eigenvalue weighted by Gasteiger charge is 2.32. The zero-order valence-electron chi connectivity index (χ0n) is 10.1. The SMILES string of the molecule is CN(C(=O)CN1CCCC1=O)[C@H]1CNC[C@@H]1O. The Bertz CT molecular complexity index is 321. The number of aliphatic hydroxyl groups excluding tert-OH is 1. The monoisotopic (exact) mass is 241 g/mol. The van der Waals surface area contributed by atoms with Crippen LogP contribution in [0.3, 0.4) is 0 Å². The summed E-state index contributed by atoms with van der Waals surface area (Å²) in [5, 5.41) is 12.7. The van der Waals surface area contributed by atoms with E-state index in [1.807, 2.05) is 0 Å². The third-order valence-corrected chi connectivity index (χ3v) is 3.54. The Morgan fingerprint density at radius 2 is 2.35 bits per heavy atom. The number of hydrogen-bond donors (Lipinski definition) is 2. The van der Waals surface area contributed by atoms with Crippen molar-refractivity contribution < 1.29 is 14.7 Å². The lowest BCUT2D eigenvalue weighted by Crippen LogP contribution is -2.48. The van der Waals surface area contributed by atoms with Crippen LogP contribution in [0.15, 0.2) is 0 Å². The van der Waals surface area contributed by atoms with E-state index in [1.54, 1.807) is 16.8 Å². The number of β-amino-alcohol motifs (C(OH)–C–C–N with tert-alkyl or cyclic N) is 1. The number of rotatable bonds is 3. The zero-order chi connectivity index (χ0) is 12.4. The van der Waals surface area contributed by atoms with Gasteiger partial charge in [0.15, 0.2) is 0 Å². The fraction of sp³-hybridized carbons (Fsp3) is 0.818. The number of likely N-dealkylation sites (tertiary alicyclic amines) is 1. The molecule has 2 fully saturated rings. The molecule has 2 heterocycles. The van der Waals surface area contributed by atoms with Crippen molar-refractivity contribution in [3.05, 3.63) is 0 Å². The van der Waals surface area contributed by atoms with Gasteiger partial charge < -0.3 is 20.2 Å². The lowest BCUT2D eigenvalue weighted by atomic mass is 10.2. The summed E-state index contributed by atoms with van der Waals surface area (Å²) in [6.45, 7) is 1.94. The van der Waals surface area contributed by atoms with Crippen LogP contribution in [0.5, 0.6) is 0 Å². The summed E-state index contributed by atoms with van der Waals surface area (Å²) in [4.78, 5) is 26.5. The molecule has 0 radical (unpaired) electrons. The van der Waals surface area contributed by atoms with Gasteiger partial charge in [-0.1, -0.05) is 0 Å². The molecule has 0 aliphatic carbocycles. The second kappa shape index (κ2) is 5.01. The number of nitrogens with one attached hydrogen (secondary N) is 1. The van der Waals surface area contributed by atoms with E-state index in [4.69, 9.17) is 0 Å². The van der Waals surface area contributed by atoms with Crippen molar-refractivity contribution in [3.8, 4) is 0 Å². The van der Waals surface area contributed by atoms with Crippen molar-refractivity contribution in [2.24, 2.45) is 0 Å². The van der Waals surface area contributed by atoms with Crippen LogP contribution in [0.1, 0.15) is 12.8 Å². The summed E-state index contributed by atoms with van der Waals surface area (Å²) in [5.41, 5.74) is 0. The Labute approximate surface area is 101 Å². The van der Waals surface area contributed by atoms with Gasteiger partial charge in [0, 0.05) is 33.1 Å². The van der Waals surface area contributed by atoms with E-state index in [2.05, 4.69) is 5.32 Å². The van der Waals surface area contributed by atoms with E-state index in [9.17, 15) is 14.7 Å². The number of nitrogens with zero attached hydrogens (tertiary/aromatic N) is 2. The molecule has 2 rings (SSSR count). The molecule has 2 aliphatic heterocycles. The molecule has 0 unspecified atom stereocenters. The van der Waals surface area contributed by atoms with Crippen molar-refractivity contribution in [2.75, 3.05) is 33.2 Å². The van der Waals surface area contributed by atoms with Crippen LogP contribution < -0.4 is 5.32 Å². The first-order chi connectivity index (χ1) is 8.09. The van der Waals surface area contributed by atoms with Gasteiger partial charge in [0.05, 0.1) is 18.7 Å². The Morgan fingerprint density at radius 1 is 1.59 bits per heavy atom. The van der Waals surface area contributed by atoms with Gasteiger partial charge in [-0.2, -0.15) is 0 Å².